The number of nitrogens with zero attached hydrogens (tertiary/aromatic N) is 3. The van der Waals surface area contributed by atoms with Crippen molar-refractivity contribution in [3.05, 3.63) is 53.1 Å². The Balaban J connectivity index is 1.93. The number of hydrogen-bond acceptors (Lipinski definition) is 5. The van der Waals surface area contributed by atoms with E-state index in [1.807, 2.05) is 32.3 Å². The van der Waals surface area contributed by atoms with E-state index < -0.39 is 0 Å². The Labute approximate surface area is 168 Å². The molecule has 0 bridgehead atoms. The van der Waals surface area contributed by atoms with Crippen LogP contribution in [0.5, 0.6) is 5.75 Å². The molecule has 142 valence electrons. The molecular weight excluding hydrogens is 382 g/mol. The Morgan fingerprint density at radius 3 is 2.52 bits per heavy atom. The topological polar surface area (TPSA) is 45.7 Å². The van der Waals surface area contributed by atoms with Crippen LogP contribution >= 0.6 is 22.9 Å². The summed E-state index contributed by atoms with van der Waals surface area (Å²) in [5.74, 6) is 0.643. The number of carbonyl (C=O) groups is 1. The van der Waals surface area contributed by atoms with Gasteiger partial charge in [0.15, 0.2) is 5.13 Å². The first kappa shape index (κ1) is 19.6. The molecule has 1 aromatic heterocycles. The van der Waals surface area contributed by atoms with Crippen LogP contribution in [-0.4, -0.2) is 50.1 Å². The summed E-state index contributed by atoms with van der Waals surface area (Å²) in [7, 11) is 5.65. The third kappa shape index (κ3) is 4.58. The second-order valence-electron chi connectivity index (χ2n) is 6.43. The number of aromatic nitrogens is 1. The van der Waals surface area contributed by atoms with E-state index in [2.05, 4.69) is 9.88 Å². The molecular formula is C20H22ClN3O2S. The van der Waals surface area contributed by atoms with Crippen molar-refractivity contribution < 1.29 is 9.53 Å². The fraction of sp³-hybridized carbons (Fsp3) is 0.300. The molecule has 27 heavy (non-hydrogen) atoms. The van der Waals surface area contributed by atoms with Gasteiger partial charge in [-0.2, -0.15) is 0 Å². The van der Waals surface area contributed by atoms with E-state index in [1.54, 1.807) is 36.3 Å². The summed E-state index contributed by atoms with van der Waals surface area (Å²) in [4.78, 5) is 21.7. The third-order valence-electron chi connectivity index (χ3n) is 4.16. The van der Waals surface area contributed by atoms with Crippen LogP contribution in [0, 0.1) is 0 Å². The molecule has 0 radical (unpaired) electrons. The smallest absolute Gasteiger partial charge is 0.260 e. The zero-order chi connectivity index (χ0) is 19.4. The molecule has 0 aliphatic rings. The van der Waals surface area contributed by atoms with Gasteiger partial charge in [0.05, 0.1) is 16.8 Å². The van der Waals surface area contributed by atoms with Gasteiger partial charge in [0.25, 0.3) is 5.91 Å². The number of fused-ring (bicyclic) bond motifs is 1. The van der Waals surface area contributed by atoms with Crippen molar-refractivity contribution in [2.45, 2.75) is 6.42 Å². The maximum atomic E-state index is 13.2. The first-order chi connectivity index (χ1) is 13.0. The van der Waals surface area contributed by atoms with Crippen LogP contribution in [0.1, 0.15) is 16.8 Å². The zero-order valence-corrected chi connectivity index (χ0v) is 17.2. The van der Waals surface area contributed by atoms with E-state index in [0.29, 0.717) is 22.3 Å². The van der Waals surface area contributed by atoms with Crippen molar-refractivity contribution in [3.8, 4) is 5.75 Å². The Morgan fingerprint density at radius 2 is 1.89 bits per heavy atom. The monoisotopic (exact) mass is 403 g/mol. The van der Waals surface area contributed by atoms with Gasteiger partial charge in [-0.15, -0.1) is 0 Å². The Morgan fingerprint density at radius 1 is 1.15 bits per heavy atom. The fourth-order valence-electron chi connectivity index (χ4n) is 2.74. The number of thiazole rings is 1. The van der Waals surface area contributed by atoms with Crippen LogP contribution in [0.2, 0.25) is 5.02 Å². The molecule has 0 spiro atoms. The summed E-state index contributed by atoms with van der Waals surface area (Å²) in [6, 6.07) is 12.8. The molecule has 0 atom stereocenters. The van der Waals surface area contributed by atoms with Gasteiger partial charge in [0.1, 0.15) is 11.3 Å². The van der Waals surface area contributed by atoms with E-state index in [9.17, 15) is 4.79 Å². The lowest BCUT2D eigenvalue weighted by molar-refractivity contribution is 0.0986. The van der Waals surface area contributed by atoms with Crippen molar-refractivity contribution in [2.24, 2.45) is 0 Å². The summed E-state index contributed by atoms with van der Waals surface area (Å²) >= 11 is 7.75. The van der Waals surface area contributed by atoms with E-state index in [4.69, 9.17) is 16.3 Å². The highest BCUT2D eigenvalue weighted by Crippen LogP contribution is 2.33. The number of benzene rings is 2. The Bertz CT molecular complexity index is 925. The summed E-state index contributed by atoms with van der Waals surface area (Å²) in [5, 5.41) is 1.26. The summed E-state index contributed by atoms with van der Waals surface area (Å²) in [5.41, 5.74) is 1.34. The third-order valence-corrected chi connectivity index (χ3v) is 5.51. The molecule has 0 saturated carbocycles. The highest BCUT2D eigenvalue weighted by molar-refractivity contribution is 7.22. The number of anilines is 1. The molecule has 1 amide bonds. The predicted octanol–water partition coefficient (Wildman–Crippen LogP) is 4.56. The maximum Gasteiger partial charge on any atom is 0.260 e. The lowest BCUT2D eigenvalue weighted by atomic mass is 10.2. The minimum absolute atomic E-state index is 0.0772. The average molecular weight is 404 g/mol. The van der Waals surface area contributed by atoms with Gasteiger partial charge in [-0.05, 0) is 63.5 Å². The van der Waals surface area contributed by atoms with Crippen LogP contribution in [0.3, 0.4) is 0 Å². The first-order valence-corrected chi connectivity index (χ1v) is 9.84. The average Bonchev–Trinajstić information content (AvgIpc) is 3.10. The second-order valence-corrected chi connectivity index (χ2v) is 7.84. The molecule has 0 unspecified atom stereocenters. The number of hydrogen-bond donors (Lipinski definition) is 0. The van der Waals surface area contributed by atoms with Crippen molar-refractivity contribution in [3.63, 3.8) is 0 Å². The number of carbonyl (C=O) groups excluding carboxylic acids is 1. The molecule has 0 saturated heterocycles. The fourth-order valence-corrected chi connectivity index (χ4v) is 4.03. The van der Waals surface area contributed by atoms with E-state index in [-0.39, 0.29) is 5.91 Å². The number of ether oxygens (including phenoxy) is 1. The highest BCUT2D eigenvalue weighted by Gasteiger charge is 2.21. The lowest BCUT2D eigenvalue weighted by Gasteiger charge is -2.21. The van der Waals surface area contributed by atoms with Crippen molar-refractivity contribution in [2.75, 3.05) is 39.2 Å². The van der Waals surface area contributed by atoms with Crippen LogP contribution in [0.4, 0.5) is 5.13 Å². The van der Waals surface area contributed by atoms with Crippen LogP contribution in [0.25, 0.3) is 10.2 Å². The van der Waals surface area contributed by atoms with Gasteiger partial charge >= 0.3 is 0 Å². The number of para-hydroxylation sites is 1. The van der Waals surface area contributed by atoms with Gasteiger partial charge in [-0.3, -0.25) is 9.69 Å². The number of halogens is 1. The number of rotatable bonds is 7. The van der Waals surface area contributed by atoms with Gasteiger partial charge in [0, 0.05) is 12.1 Å². The Hall–Kier alpha value is -2.15. The highest BCUT2D eigenvalue weighted by atomic mass is 35.5. The quantitative estimate of drug-likeness (QED) is 0.580. The van der Waals surface area contributed by atoms with Crippen LogP contribution < -0.4 is 9.64 Å². The molecule has 1 heterocycles. The van der Waals surface area contributed by atoms with Gasteiger partial charge < -0.3 is 9.64 Å². The summed E-state index contributed by atoms with van der Waals surface area (Å²) in [6.07, 6.45) is 0.846. The van der Waals surface area contributed by atoms with Gasteiger partial charge in [0.2, 0.25) is 0 Å². The van der Waals surface area contributed by atoms with Crippen molar-refractivity contribution in [1.29, 1.82) is 0 Å². The molecule has 3 aromatic rings. The molecule has 3 rings (SSSR count). The predicted molar refractivity (Wildman–Crippen MR) is 112 cm³/mol. The maximum absolute atomic E-state index is 13.2. The molecule has 2 aromatic carbocycles. The minimum atomic E-state index is -0.0772. The SMILES string of the molecule is COc1ccc(C(=O)N(CCCN(C)C)c2nc3c(Cl)cccc3s2)cc1. The molecule has 0 aliphatic carbocycles. The summed E-state index contributed by atoms with van der Waals surface area (Å²) in [6.45, 7) is 1.47. The minimum Gasteiger partial charge on any atom is -0.497 e. The Kier molecular flexibility index (Phi) is 6.31. The van der Waals surface area contributed by atoms with Crippen LogP contribution in [0.15, 0.2) is 42.5 Å². The van der Waals surface area contributed by atoms with Crippen LogP contribution in [-0.2, 0) is 0 Å². The molecule has 5 nitrogen and oxygen atoms in total. The number of amides is 1. The standard InChI is InChI=1S/C20H22ClN3O2S/c1-23(2)12-5-13-24(19(25)14-8-10-15(26-3)11-9-14)20-22-18-16(21)6-4-7-17(18)27-20/h4,6-11H,5,12-13H2,1-3H3. The molecule has 7 heteroatoms. The normalized spacial score (nSPS) is 11.1. The van der Waals surface area contributed by atoms with E-state index in [0.717, 1.165) is 28.9 Å². The molecule has 0 aliphatic heterocycles. The first-order valence-electron chi connectivity index (χ1n) is 8.65. The van der Waals surface area contributed by atoms with Gasteiger partial charge in [-0.1, -0.05) is 29.0 Å². The zero-order valence-electron chi connectivity index (χ0n) is 15.6. The van der Waals surface area contributed by atoms with E-state index >= 15 is 0 Å². The largest absolute Gasteiger partial charge is 0.497 e. The van der Waals surface area contributed by atoms with Crippen molar-refractivity contribution >= 4 is 44.2 Å². The molecule has 0 N–H and O–H groups in total. The van der Waals surface area contributed by atoms with Gasteiger partial charge in [-0.25, -0.2) is 4.98 Å². The molecule has 0 fully saturated rings. The lowest BCUT2D eigenvalue weighted by Crippen LogP contribution is -2.33. The second kappa shape index (κ2) is 8.69. The van der Waals surface area contributed by atoms with E-state index in [1.165, 1.54) is 11.3 Å². The number of methoxy groups -OCH3 is 1. The summed E-state index contributed by atoms with van der Waals surface area (Å²) < 4.78 is 6.15. The van der Waals surface area contributed by atoms with Crippen molar-refractivity contribution in [1.82, 2.24) is 9.88 Å².